The molecular weight excluding hydrogens is 285 g/mol. The van der Waals surface area contributed by atoms with Crippen molar-refractivity contribution in [2.75, 3.05) is 0 Å². The molecule has 0 spiro atoms. The molecule has 0 fully saturated rings. The van der Waals surface area contributed by atoms with Crippen molar-refractivity contribution in [3.63, 3.8) is 0 Å². The van der Waals surface area contributed by atoms with Crippen LogP contribution >= 0.6 is 0 Å². The van der Waals surface area contributed by atoms with Gasteiger partial charge in [-0.15, -0.1) is 0 Å². The molecule has 0 radical (unpaired) electrons. The van der Waals surface area contributed by atoms with Crippen LogP contribution in [0.5, 0.6) is 5.75 Å². The summed E-state index contributed by atoms with van der Waals surface area (Å²) >= 11 is 0. The summed E-state index contributed by atoms with van der Waals surface area (Å²) in [7, 11) is -2.89. The van der Waals surface area contributed by atoms with Gasteiger partial charge in [0, 0.05) is 23.4 Å². The van der Waals surface area contributed by atoms with Crippen molar-refractivity contribution in [2.45, 2.75) is 0 Å². The maximum atomic E-state index is 12.7. The first-order chi connectivity index (χ1) is 10.7. The number of benzene rings is 2. The number of hydrogen-bond acceptors (Lipinski definition) is 3. The summed E-state index contributed by atoms with van der Waals surface area (Å²) < 4.78 is 30.1. The minimum Gasteiger partial charge on any atom is -0.504 e. The SMILES string of the molecule is FB(F)Oc1c(C=Nc2cccnc2)ccc2ccccc12. The van der Waals surface area contributed by atoms with Gasteiger partial charge in [0.15, 0.2) is 0 Å². The van der Waals surface area contributed by atoms with Gasteiger partial charge in [-0.05, 0) is 23.6 Å². The Morgan fingerprint density at radius 2 is 1.91 bits per heavy atom. The van der Waals surface area contributed by atoms with Gasteiger partial charge in [-0.2, -0.15) is 0 Å². The molecule has 0 unspecified atom stereocenters. The molecule has 2 aromatic carbocycles. The molecule has 6 heteroatoms. The third-order valence-electron chi connectivity index (χ3n) is 3.12. The molecular formula is C16H11BF2N2O. The Kier molecular flexibility index (Phi) is 4.09. The zero-order valence-corrected chi connectivity index (χ0v) is 11.5. The van der Waals surface area contributed by atoms with Crippen molar-refractivity contribution in [3.8, 4) is 5.75 Å². The number of hydrogen-bond donors (Lipinski definition) is 0. The molecule has 0 saturated heterocycles. The monoisotopic (exact) mass is 296 g/mol. The Bertz CT molecular complexity index is 810. The Hall–Kier alpha value is -2.76. The molecule has 3 rings (SSSR count). The zero-order valence-electron chi connectivity index (χ0n) is 11.5. The van der Waals surface area contributed by atoms with Gasteiger partial charge in [-0.25, -0.2) is 8.63 Å². The zero-order chi connectivity index (χ0) is 15.4. The summed E-state index contributed by atoms with van der Waals surface area (Å²) in [5.74, 6) is 0.126. The molecule has 0 aliphatic rings. The highest BCUT2D eigenvalue weighted by molar-refractivity contribution is 6.36. The van der Waals surface area contributed by atoms with Gasteiger partial charge in [-0.3, -0.25) is 9.98 Å². The minimum atomic E-state index is -2.89. The lowest BCUT2D eigenvalue weighted by molar-refractivity contribution is 0.429. The first-order valence-electron chi connectivity index (χ1n) is 6.65. The van der Waals surface area contributed by atoms with Crippen LogP contribution in [0.1, 0.15) is 5.56 Å². The topological polar surface area (TPSA) is 34.5 Å². The lowest BCUT2D eigenvalue weighted by atomic mass is 10.1. The summed E-state index contributed by atoms with van der Waals surface area (Å²) in [4.78, 5) is 8.19. The molecule has 0 bridgehead atoms. The van der Waals surface area contributed by atoms with Crippen LogP contribution in [0.3, 0.4) is 0 Å². The van der Waals surface area contributed by atoms with Crippen LogP contribution in [0.2, 0.25) is 0 Å². The first kappa shape index (κ1) is 14.2. The van der Waals surface area contributed by atoms with Crippen LogP contribution < -0.4 is 4.65 Å². The van der Waals surface area contributed by atoms with Gasteiger partial charge in [0.25, 0.3) is 0 Å². The van der Waals surface area contributed by atoms with Crippen LogP contribution in [-0.2, 0) is 0 Å². The maximum absolute atomic E-state index is 12.7. The molecule has 1 heterocycles. The minimum absolute atomic E-state index is 0.126. The molecule has 0 amide bonds. The number of nitrogens with zero attached hydrogens (tertiary/aromatic N) is 2. The van der Waals surface area contributed by atoms with Gasteiger partial charge in [-0.1, -0.05) is 30.3 Å². The lowest BCUT2D eigenvalue weighted by Gasteiger charge is -2.10. The van der Waals surface area contributed by atoms with Crippen LogP contribution in [0.15, 0.2) is 65.9 Å². The van der Waals surface area contributed by atoms with Crippen molar-refractivity contribution in [2.24, 2.45) is 4.99 Å². The molecule has 22 heavy (non-hydrogen) atoms. The Balaban J connectivity index is 2.06. The second-order valence-electron chi connectivity index (χ2n) is 4.55. The van der Waals surface area contributed by atoms with Crippen LogP contribution in [-0.4, -0.2) is 18.7 Å². The highest BCUT2D eigenvalue weighted by Crippen LogP contribution is 2.30. The Labute approximate surface area is 126 Å². The number of rotatable bonds is 4. The van der Waals surface area contributed by atoms with E-state index in [0.717, 1.165) is 5.39 Å². The standard InChI is InChI=1S/C16H11BF2N2O/c18-17(19)22-16-13(10-21-14-5-3-9-20-11-14)8-7-12-4-1-2-6-15(12)16/h1-11H. The maximum Gasteiger partial charge on any atom is 0.796 e. The highest BCUT2D eigenvalue weighted by Gasteiger charge is 2.21. The summed E-state index contributed by atoms with van der Waals surface area (Å²) in [5, 5.41) is 1.45. The third-order valence-corrected chi connectivity index (χ3v) is 3.12. The van der Waals surface area contributed by atoms with Gasteiger partial charge in [0.05, 0.1) is 11.9 Å². The van der Waals surface area contributed by atoms with E-state index < -0.39 is 7.47 Å². The molecule has 0 aliphatic carbocycles. The fourth-order valence-electron chi connectivity index (χ4n) is 2.16. The predicted octanol–water partition coefficient (Wildman–Crippen LogP) is 4.29. The number of fused-ring (bicyclic) bond motifs is 1. The van der Waals surface area contributed by atoms with Crippen molar-refractivity contribution in [3.05, 3.63) is 66.5 Å². The number of halogens is 2. The second-order valence-corrected chi connectivity index (χ2v) is 4.55. The first-order valence-corrected chi connectivity index (χ1v) is 6.65. The average Bonchev–Trinajstić information content (AvgIpc) is 2.54. The van der Waals surface area contributed by atoms with E-state index in [4.69, 9.17) is 4.65 Å². The van der Waals surface area contributed by atoms with E-state index in [1.54, 1.807) is 42.7 Å². The van der Waals surface area contributed by atoms with E-state index in [2.05, 4.69) is 9.98 Å². The van der Waals surface area contributed by atoms with E-state index in [1.807, 2.05) is 18.2 Å². The summed E-state index contributed by atoms with van der Waals surface area (Å²) in [5.41, 5.74) is 1.13. The molecule has 0 aliphatic heterocycles. The Morgan fingerprint density at radius 1 is 1.05 bits per heavy atom. The number of pyridine rings is 1. The van der Waals surface area contributed by atoms with Gasteiger partial charge >= 0.3 is 7.47 Å². The fourth-order valence-corrected chi connectivity index (χ4v) is 2.16. The largest absolute Gasteiger partial charge is 0.796 e. The predicted molar refractivity (Wildman–Crippen MR) is 84.0 cm³/mol. The Morgan fingerprint density at radius 3 is 2.68 bits per heavy atom. The van der Waals surface area contributed by atoms with Crippen molar-refractivity contribution in [1.29, 1.82) is 0 Å². The lowest BCUT2D eigenvalue weighted by Crippen LogP contribution is -2.10. The van der Waals surface area contributed by atoms with E-state index in [0.29, 0.717) is 16.6 Å². The summed E-state index contributed by atoms with van der Waals surface area (Å²) in [6.45, 7) is 0. The molecule has 3 aromatic rings. The molecule has 0 atom stereocenters. The number of aliphatic imine (C=N–C) groups is 1. The molecule has 0 N–H and O–H groups in total. The molecule has 1 aromatic heterocycles. The second kappa shape index (κ2) is 6.34. The normalized spacial score (nSPS) is 11.0. The van der Waals surface area contributed by atoms with Crippen molar-refractivity contribution >= 4 is 30.1 Å². The van der Waals surface area contributed by atoms with Crippen LogP contribution in [0.4, 0.5) is 14.3 Å². The van der Waals surface area contributed by atoms with Crippen molar-refractivity contribution < 1.29 is 13.3 Å². The number of aromatic nitrogens is 1. The highest BCUT2D eigenvalue weighted by atomic mass is 19.2. The fraction of sp³-hybridized carbons (Fsp3) is 0. The third kappa shape index (κ3) is 3.11. The average molecular weight is 296 g/mol. The van der Waals surface area contributed by atoms with E-state index >= 15 is 0 Å². The van der Waals surface area contributed by atoms with Gasteiger partial charge < -0.3 is 4.65 Å². The quantitative estimate of drug-likeness (QED) is 0.531. The smallest absolute Gasteiger partial charge is 0.504 e. The van der Waals surface area contributed by atoms with Gasteiger partial charge in [0.1, 0.15) is 5.75 Å². The summed E-state index contributed by atoms with van der Waals surface area (Å²) in [6, 6.07) is 14.3. The van der Waals surface area contributed by atoms with E-state index in [-0.39, 0.29) is 5.75 Å². The molecule has 3 nitrogen and oxygen atoms in total. The van der Waals surface area contributed by atoms with Crippen LogP contribution in [0.25, 0.3) is 10.8 Å². The van der Waals surface area contributed by atoms with Crippen LogP contribution in [0, 0.1) is 0 Å². The summed E-state index contributed by atoms with van der Waals surface area (Å²) in [6.07, 6.45) is 4.73. The molecule has 108 valence electrons. The van der Waals surface area contributed by atoms with Crippen molar-refractivity contribution in [1.82, 2.24) is 4.98 Å². The van der Waals surface area contributed by atoms with E-state index in [9.17, 15) is 8.63 Å². The van der Waals surface area contributed by atoms with E-state index in [1.165, 1.54) is 6.21 Å². The molecule has 0 saturated carbocycles. The van der Waals surface area contributed by atoms with Gasteiger partial charge in [0.2, 0.25) is 0 Å².